The Morgan fingerprint density at radius 1 is 1.38 bits per heavy atom. The first kappa shape index (κ1) is 23.6. The number of nitrogens with one attached hydrogen (secondary N) is 4. The van der Waals surface area contributed by atoms with Crippen LogP contribution in [-0.2, 0) is 9.59 Å². The SMILES string of the molecule is Cl.N=C(N)NCCC[C@H](N)C(=O)O.O=C1NC(=S)NC1c1ccccc1. The van der Waals surface area contributed by atoms with Crippen molar-refractivity contribution in [2.24, 2.45) is 11.5 Å². The molecule has 9 nitrogen and oxygen atoms in total. The number of halogens is 1. The Hall–Kier alpha value is -2.43. The van der Waals surface area contributed by atoms with Gasteiger partial charge < -0.3 is 32.5 Å². The van der Waals surface area contributed by atoms with Crippen molar-refractivity contribution in [3.8, 4) is 0 Å². The number of carboxylic acids is 1. The third-order valence-electron chi connectivity index (χ3n) is 3.23. The number of guanidine groups is 1. The fourth-order valence-corrected chi connectivity index (χ4v) is 2.18. The van der Waals surface area contributed by atoms with Crippen LogP contribution >= 0.6 is 24.6 Å². The number of hydrogen-bond acceptors (Lipinski definition) is 5. The quantitative estimate of drug-likeness (QED) is 0.149. The summed E-state index contributed by atoms with van der Waals surface area (Å²) in [5.41, 5.74) is 11.1. The molecule has 1 aliphatic rings. The highest BCUT2D eigenvalue weighted by Gasteiger charge is 2.27. The van der Waals surface area contributed by atoms with Crippen LogP contribution in [0.4, 0.5) is 0 Å². The molecule has 1 saturated heterocycles. The molecule has 144 valence electrons. The molecule has 0 saturated carbocycles. The van der Waals surface area contributed by atoms with E-state index in [0.29, 0.717) is 24.5 Å². The summed E-state index contributed by atoms with van der Waals surface area (Å²) in [7, 11) is 0. The molecule has 2 atom stereocenters. The minimum absolute atomic E-state index is 0. The van der Waals surface area contributed by atoms with Crippen LogP contribution in [0.25, 0.3) is 0 Å². The monoisotopic (exact) mass is 402 g/mol. The van der Waals surface area contributed by atoms with E-state index < -0.39 is 12.0 Å². The lowest BCUT2D eigenvalue weighted by molar-refractivity contribution is -0.138. The molecular weight excluding hydrogens is 380 g/mol. The van der Waals surface area contributed by atoms with Gasteiger partial charge in [0.2, 0.25) is 0 Å². The maximum atomic E-state index is 11.3. The molecule has 0 bridgehead atoms. The van der Waals surface area contributed by atoms with Crippen LogP contribution in [0, 0.1) is 5.41 Å². The summed E-state index contributed by atoms with van der Waals surface area (Å²) in [4.78, 5) is 21.5. The van der Waals surface area contributed by atoms with E-state index in [1.165, 1.54) is 0 Å². The Morgan fingerprint density at radius 3 is 2.46 bits per heavy atom. The first-order valence-electron chi connectivity index (χ1n) is 7.54. The summed E-state index contributed by atoms with van der Waals surface area (Å²) in [6.45, 7) is 0.482. The second-order valence-corrected chi connectivity index (χ2v) is 5.64. The number of carbonyl (C=O) groups excluding carboxylic acids is 1. The molecular formula is C15H23ClN6O3S. The molecule has 1 amide bonds. The maximum absolute atomic E-state index is 11.3. The molecule has 1 aliphatic heterocycles. The molecule has 1 heterocycles. The van der Waals surface area contributed by atoms with Crippen molar-refractivity contribution in [2.45, 2.75) is 24.9 Å². The van der Waals surface area contributed by atoms with E-state index in [4.69, 9.17) is 34.2 Å². The van der Waals surface area contributed by atoms with Gasteiger partial charge in [0, 0.05) is 6.54 Å². The molecule has 2 rings (SSSR count). The van der Waals surface area contributed by atoms with Crippen molar-refractivity contribution in [1.29, 1.82) is 5.41 Å². The Bertz CT molecular complexity index is 631. The number of hydrogen-bond donors (Lipinski definition) is 7. The number of rotatable bonds is 6. The molecule has 26 heavy (non-hydrogen) atoms. The minimum Gasteiger partial charge on any atom is -0.480 e. The van der Waals surface area contributed by atoms with Gasteiger partial charge in [-0.15, -0.1) is 12.4 Å². The van der Waals surface area contributed by atoms with Crippen molar-refractivity contribution in [3.63, 3.8) is 0 Å². The van der Waals surface area contributed by atoms with E-state index in [1.54, 1.807) is 0 Å². The molecule has 1 fully saturated rings. The summed E-state index contributed by atoms with van der Waals surface area (Å²) in [5, 5.41) is 23.6. The van der Waals surface area contributed by atoms with Crippen molar-refractivity contribution >= 4 is 47.6 Å². The van der Waals surface area contributed by atoms with Crippen LogP contribution in [0.3, 0.4) is 0 Å². The Morgan fingerprint density at radius 2 is 2.00 bits per heavy atom. The lowest BCUT2D eigenvalue weighted by atomic mass is 10.1. The Labute approximate surface area is 162 Å². The zero-order valence-corrected chi connectivity index (χ0v) is 15.5. The fraction of sp³-hybridized carbons (Fsp3) is 0.333. The van der Waals surface area contributed by atoms with E-state index in [2.05, 4.69) is 16.0 Å². The summed E-state index contributed by atoms with van der Waals surface area (Å²) in [6, 6.07) is 8.34. The van der Waals surface area contributed by atoms with Crippen molar-refractivity contribution in [1.82, 2.24) is 16.0 Å². The largest absolute Gasteiger partial charge is 0.480 e. The zero-order valence-electron chi connectivity index (χ0n) is 13.9. The third-order valence-corrected chi connectivity index (χ3v) is 3.45. The van der Waals surface area contributed by atoms with Gasteiger partial charge in [-0.2, -0.15) is 0 Å². The predicted octanol–water partition coefficient (Wildman–Crippen LogP) is -0.185. The van der Waals surface area contributed by atoms with Crippen molar-refractivity contribution < 1.29 is 14.7 Å². The van der Waals surface area contributed by atoms with E-state index >= 15 is 0 Å². The highest BCUT2D eigenvalue weighted by molar-refractivity contribution is 7.80. The molecule has 1 aromatic rings. The first-order valence-corrected chi connectivity index (χ1v) is 7.94. The van der Waals surface area contributed by atoms with Gasteiger partial charge in [-0.25, -0.2) is 0 Å². The van der Waals surface area contributed by atoms with E-state index in [1.807, 2.05) is 30.3 Å². The number of amides is 1. The lowest BCUT2D eigenvalue weighted by Crippen LogP contribution is -2.34. The standard InChI is InChI=1S/C9H8N2OS.C6H14N4O2.ClH/c12-8-7(10-9(13)11-8)6-4-2-1-3-5-6;7-4(5(11)12)2-1-3-10-6(8)9;/h1-5,7H,(H2,10,11,12,13);4H,1-3,7H2,(H,11,12)(H4,8,9,10);1H/t;4-;/m.0./s1. The van der Waals surface area contributed by atoms with Gasteiger partial charge in [-0.05, 0) is 30.6 Å². The first-order chi connectivity index (χ1) is 11.8. The van der Waals surface area contributed by atoms with Crippen LogP contribution < -0.4 is 27.4 Å². The minimum atomic E-state index is -1.00. The summed E-state index contributed by atoms with van der Waals surface area (Å²) >= 11 is 4.83. The normalized spacial score (nSPS) is 16.1. The second kappa shape index (κ2) is 12.0. The van der Waals surface area contributed by atoms with E-state index in [0.717, 1.165) is 5.56 Å². The third kappa shape index (κ3) is 8.60. The van der Waals surface area contributed by atoms with Crippen LogP contribution in [0.2, 0.25) is 0 Å². The number of carbonyl (C=O) groups is 2. The van der Waals surface area contributed by atoms with Gasteiger partial charge >= 0.3 is 5.97 Å². The molecule has 0 aliphatic carbocycles. The van der Waals surface area contributed by atoms with Crippen LogP contribution in [0.1, 0.15) is 24.4 Å². The Balaban J connectivity index is 0.000000466. The summed E-state index contributed by atoms with van der Waals surface area (Å²) < 4.78 is 0. The molecule has 0 spiro atoms. The molecule has 11 heteroatoms. The van der Waals surface area contributed by atoms with Gasteiger partial charge in [0.15, 0.2) is 11.1 Å². The van der Waals surface area contributed by atoms with Gasteiger partial charge in [0.1, 0.15) is 12.1 Å². The zero-order chi connectivity index (χ0) is 18.8. The highest BCUT2D eigenvalue weighted by atomic mass is 35.5. The summed E-state index contributed by atoms with van der Waals surface area (Å²) in [5.74, 6) is -1.20. The van der Waals surface area contributed by atoms with Crippen LogP contribution in [0.15, 0.2) is 30.3 Å². The molecule has 0 aromatic heterocycles. The number of nitrogens with two attached hydrogens (primary N) is 2. The predicted molar refractivity (Wildman–Crippen MR) is 105 cm³/mol. The van der Waals surface area contributed by atoms with Gasteiger partial charge in [-0.3, -0.25) is 15.0 Å². The van der Waals surface area contributed by atoms with Gasteiger partial charge in [-0.1, -0.05) is 30.3 Å². The van der Waals surface area contributed by atoms with Crippen molar-refractivity contribution in [3.05, 3.63) is 35.9 Å². The average molecular weight is 403 g/mol. The van der Waals surface area contributed by atoms with Gasteiger partial charge in [0.05, 0.1) is 0 Å². The number of thiocarbonyl (C=S) groups is 1. The van der Waals surface area contributed by atoms with Crippen LogP contribution in [0.5, 0.6) is 0 Å². The van der Waals surface area contributed by atoms with E-state index in [9.17, 15) is 9.59 Å². The van der Waals surface area contributed by atoms with Crippen molar-refractivity contribution in [2.75, 3.05) is 6.54 Å². The fourth-order valence-electron chi connectivity index (χ4n) is 1.97. The van der Waals surface area contributed by atoms with Gasteiger partial charge in [0.25, 0.3) is 5.91 Å². The highest BCUT2D eigenvalue weighted by Crippen LogP contribution is 2.15. The maximum Gasteiger partial charge on any atom is 0.320 e. The molecule has 1 unspecified atom stereocenters. The molecule has 9 N–H and O–H groups in total. The average Bonchev–Trinajstić information content (AvgIpc) is 2.91. The molecule has 1 aromatic carbocycles. The molecule has 0 radical (unpaired) electrons. The lowest BCUT2D eigenvalue weighted by Gasteiger charge is -2.06. The number of aliphatic carboxylic acids is 1. The smallest absolute Gasteiger partial charge is 0.320 e. The summed E-state index contributed by atoms with van der Waals surface area (Å²) in [6.07, 6.45) is 0.975. The Kier molecular flexibility index (Phi) is 10.9. The van der Waals surface area contributed by atoms with Crippen LogP contribution in [-0.4, -0.2) is 40.6 Å². The number of carboxylic acid groups (broad SMARTS) is 1. The second-order valence-electron chi connectivity index (χ2n) is 5.23. The number of benzene rings is 1. The topological polar surface area (TPSA) is 166 Å². The van der Waals surface area contributed by atoms with E-state index in [-0.39, 0.29) is 30.3 Å².